The van der Waals surface area contributed by atoms with Crippen LogP contribution in [0.2, 0.25) is 0 Å². The summed E-state index contributed by atoms with van der Waals surface area (Å²) in [4.78, 5) is 26.0. The third-order valence-corrected chi connectivity index (χ3v) is 6.67. The number of hydrogen-bond donors (Lipinski definition) is 1. The number of nitrogens with one attached hydrogen (secondary N) is 1. The van der Waals surface area contributed by atoms with Crippen molar-refractivity contribution in [2.24, 2.45) is 0 Å². The van der Waals surface area contributed by atoms with Crippen LogP contribution in [0.4, 0.5) is 23.5 Å². The lowest BCUT2D eigenvalue weighted by molar-refractivity contribution is -0.134. The Hall–Kier alpha value is -3.21. The SMILES string of the molecule is Cc1nc(N2CCc3c([nH]c4cc(F)ccc34)C2)nc(=O)n1Cc1ccc(C(F)(F)F)s1. The van der Waals surface area contributed by atoms with E-state index in [1.165, 1.54) is 22.8 Å². The number of rotatable bonds is 3. The molecule has 32 heavy (non-hydrogen) atoms. The van der Waals surface area contributed by atoms with Crippen molar-refractivity contribution in [1.29, 1.82) is 0 Å². The first-order valence-corrected chi connectivity index (χ1v) is 10.7. The molecule has 0 amide bonds. The van der Waals surface area contributed by atoms with E-state index in [0.717, 1.165) is 28.2 Å². The third-order valence-electron chi connectivity index (χ3n) is 5.55. The van der Waals surface area contributed by atoms with E-state index in [-0.39, 0.29) is 18.3 Å². The van der Waals surface area contributed by atoms with Crippen molar-refractivity contribution < 1.29 is 17.6 Å². The van der Waals surface area contributed by atoms with Gasteiger partial charge in [0.05, 0.1) is 13.1 Å². The number of benzene rings is 1. The maximum absolute atomic E-state index is 13.5. The van der Waals surface area contributed by atoms with Crippen molar-refractivity contribution >= 4 is 28.2 Å². The summed E-state index contributed by atoms with van der Waals surface area (Å²) < 4.78 is 53.3. The quantitative estimate of drug-likeness (QED) is 0.461. The molecule has 11 heteroatoms. The molecule has 0 fully saturated rings. The van der Waals surface area contributed by atoms with Crippen LogP contribution >= 0.6 is 11.3 Å². The first-order valence-electron chi connectivity index (χ1n) is 9.84. The van der Waals surface area contributed by atoms with Crippen LogP contribution < -0.4 is 10.6 Å². The molecule has 0 saturated heterocycles. The van der Waals surface area contributed by atoms with Gasteiger partial charge in [-0.15, -0.1) is 11.3 Å². The molecule has 6 nitrogen and oxygen atoms in total. The Morgan fingerprint density at radius 1 is 1.19 bits per heavy atom. The zero-order chi connectivity index (χ0) is 22.6. The number of nitrogens with zero attached hydrogens (tertiary/aromatic N) is 4. The molecule has 0 saturated carbocycles. The van der Waals surface area contributed by atoms with E-state index in [2.05, 4.69) is 15.0 Å². The third kappa shape index (κ3) is 3.66. The maximum atomic E-state index is 13.5. The molecule has 0 spiro atoms. The second-order valence-corrected chi connectivity index (χ2v) is 8.82. The number of alkyl halides is 3. The fourth-order valence-corrected chi connectivity index (χ4v) is 4.86. The van der Waals surface area contributed by atoms with Crippen LogP contribution in [0.1, 0.15) is 26.8 Å². The Morgan fingerprint density at radius 3 is 2.72 bits per heavy atom. The Labute approximate surface area is 183 Å². The Kier molecular flexibility index (Phi) is 4.81. The van der Waals surface area contributed by atoms with Gasteiger partial charge < -0.3 is 9.88 Å². The van der Waals surface area contributed by atoms with E-state index in [4.69, 9.17) is 0 Å². The number of H-pyrrole nitrogens is 1. The van der Waals surface area contributed by atoms with Gasteiger partial charge in [-0.1, -0.05) is 0 Å². The van der Waals surface area contributed by atoms with Crippen LogP contribution in [0.3, 0.4) is 0 Å². The summed E-state index contributed by atoms with van der Waals surface area (Å²) in [5, 5.41) is 0.975. The van der Waals surface area contributed by atoms with E-state index < -0.39 is 16.7 Å². The van der Waals surface area contributed by atoms with Crippen LogP contribution in [0.15, 0.2) is 35.1 Å². The molecule has 0 aliphatic carbocycles. The Morgan fingerprint density at radius 2 is 2.00 bits per heavy atom. The number of fused-ring (bicyclic) bond motifs is 3. The standard InChI is InChI=1S/C21H17F4N5OS/c1-11-26-19(28-20(31)30(11)9-13-3-5-18(32-13)21(23,24)25)29-7-6-15-14-4-2-12(22)8-16(14)27-17(15)10-29/h2-5,8,27H,6-7,9-10H2,1H3. The summed E-state index contributed by atoms with van der Waals surface area (Å²) in [5.41, 5.74) is 2.18. The molecular weight excluding hydrogens is 446 g/mol. The van der Waals surface area contributed by atoms with Gasteiger partial charge in [0.2, 0.25) is 5.95 Å². The molecule has 1 N–H and O–H groups in total. The van der Waals surface area contributed by atoms with Crippen LogP contribution in [-0.2, 0) is 25.7 Å². The predicted molar refractivity (Wildman–Crippen MR) is 112 cm³/mol. The van der Waals surface area contributed by atoms with Crippen molar-refractivity contribution in [2.45, 2.75) is 32.6 Å². The van der Waals surface area contributed by atoms with Gasteiger partial charge in [-0.2, -0.15) is 23.1 Å². The molecule has 4 heterocycles. The lowest BCUT2D eigenvalue weighted by Crippen LogP contribution is -2.36. The zero-order valence-electron chi connectivity index (χ0n) is 16.8. The monoisotopic (exact) mass is 463 g/mol. The number of aryl methyl sites for hydroxylation is 1. The summed E-state index contributed by atoms with van der Waals surface area (Å²) in [6, 6.07) is 7.01. The van der Waals surface area contributed by atoms with Gasteiger partial charge in [0, 0.05) is 28.0 Å². The Balaban J connectivity index is 1.40. The molecule has 0 radical (unpaired) electrons. The molecular formula is C21H17F4N5OS. The van der Waals surface area contributed by atoms with Crippen LogP contribution in [0.5, 0.6) is 0 Å². The van der Waals surface area contributed by atoms with E-state index in [1.54, 1.807) is 13.0 Å². The lowest BCUT2D eigenvalue weighted by Gasteiger charge is -2.27. The van der Waals surface area contributed by atoms with Gasteiger partial charge in [0.25, 0.3) is 0 Å². The second-order valence-electron chi connectivity index (χ2n) is 7.65. The van der Waals surface area contributed by atoms with E-state index in [1.807, 2.05) is 4.90 Å². The molecule has 0 bridgehead atoms. The second kappa shape index (κ2) is 7.44. The number of anilines is 1. The predicted octanol–water partition coefficient (Wildman–Crippen LogP) is 4.26. The van der Waals surface area contributed by atoms with Gasteiger partial charge in [0.15, 0.2) is 0 Å². The Bertz CT molecular complexity index is 1390. The minimum absolute atomic E-state index is 0.0244. The minimum Gasteiger partial charge on any atom is -0.357 e. The fraction of sp³-hybridized carbons (Fsp3) is 0.286. The van der Waals surface area contributed by atoms with Gasteiger partial charge in [-0.25, -0.2) is 9.18 Å². The summed E-state index contributed by atoms with van der Waals surface area (Å²) in [6.45, 7) is 2.63. The van der Waals surface area contributed by atoms with Crippen LogP contribution in [0, 0.1) is 12.7 Å². The van der Waals surface area contributed by atoms with Gasteiger partial charge in [0.1, 0.15) is 16.5 Å². The highest BCUT2D eigenvalue weighted by Crippen LogP contribution is 2.35. The number of aromatic amines is 1. The smallest absolute Gasteiger partial charge is 0.357 e. The van der Waals surface area contributed by atoms with Gasteiger partial charge in [-0.3, -0.25) is 4.57 Å². The molecule has 1 aromatic carbocycles. The number of halogens is 4. The highest BCUT2D eigenvalue weighted by molar-refractivity contribution is 7.12. The largest absolute Gasteiger partial charge is 0.425 e. The van der Waals surface area contributed by atoms with E-state index >= 15 is 0 Å². The molecule has 0 unspecified atom stereocenters. The van der Waals surface area contributed by atoms with Crippen LogP contribution in [0.25, 0.3) is 10.9 Å². The molecule has 1 aliphatic heterocycles. The van der Waals surface area contributed by atoms with E-state index in [0.29, 0.717) is 41.5 Å². The fourth-order valence-electron chi connectivity index (χ4n) is 4.00. The highest BCUT2D eigenvalue weighted by atomic mass is 32.1. The van der Waals surface area contributed by atoms with Crippen molar-refractivity contribution in [3.63, 3.8) is 0 Å². The molecule has 3 aromatic heterocycles. The number of aromatic nitrogens is 4. The van der Waals surface area contributed by atoms with Gasteiger partial charge >= 0.3 is 11.9 Å². The number of thiophene rings is 1. The van der Waals surface area contributed by atoms with E-state index in [9.17, 15) is 22.4 Å². The molecule has 5 rings (SSSR count). The van der Waals surface area contributed by atoms with Crippen LogP contribution in [-0.4, -0.2) is 26.1 Å². The normalized spacial score (nSPS) is 14.2. The summed E-state index contributed by atoms with van der Waals surface area (Å²) in [7, 11) is 0. The van der Waals surface area contributed by atoms with Crippen molar-refractivity contribution in [3.8, 4) is 0 Å². The average molecular weight is 463 g/mol. The van der Waals surface area contributed by atoms with Crippen molar-refractivity contribution in [2.75, 3.05) is 11.4 Å². The summed E-state index contributed by atoms with van der Waals surface area (Å²) in [6.07, 6.45) is -3.73. The molecule has 1 aliphatic rings. The lowest BCUT2D eigenvalue weighted by atomic mass is 10.0. The summed E-state index contributed by atoms with van der Waals surface area (Å²) in [5.74, 6) is 0.316. The van der Waals surface area contributed by atoms with Crippen molar-refractivity contribution in [1.82, 2.24) is 19.5 Å². The summed E-state index contributed by atoms with van der Waals surface area (Å²) >= 11 is 0.598. The molecule has 4 aromatic rings. The first-order chi connectivity index (χ1) is 15.2. The maximum Gasteiger partial charge on any atom is 0.425 e. The number of hydrogen-bond acceptors (Lipinski definition) is 5. The van der Waals surface area contributed by atoms with Crippen molar-refractivity contribution in [3.05, 3.63) is 73.5 Å². The first kappa shape index (κ1) is 20.7. The minimum atomic E-state index is -4.41. The topological polar surface area (TPSA) is 66.8 Å². The zero-order valence-corrected chi connectivity index (χ0v) is 17.6. The van der Waals surface area contributed by atoms with Gasteiger partial charge in [-0.05, 0) is 49.2 Å². The average Bonchev–Trinajstić information content (AvgIpc) is 3.34. The highest BCUT2D eigenvalue weighted by Gasteiger charge is 2.32. The molecule has 0 atom stereocenters. The molecule has 166 valence electrons.